The van der Waals surface area contributed by atoms with Crippen LogP contribution in [-0.2, 0) is 4.79 Å². The second kappa shape index (κ2) is 5.26. The van der Waals surface area contributed by atoms with Crippen molar-refractivity contribution in [3.63, 3.8) is 0 Å². The minimum Gasteiger partial charge on any atom is -0.493 e. The van der Waals surface area contributed by atoms with E-state index in [0.29, 0.717) is 35.5 Å². The van der Waals surface area contributed by atoms with Gasteiger partial charge in [-0.2, -0.15) is 0 Å². The van der Waals surface area contributed by atoms with E-state index in [1.54, 1.807) is 18.2 Å². The first-order chi connectivity index (χ1) is 9.08. The molecule has 0 spiro atoms. The van der Waals surface area contributed by atoms with Crippen molar-refractivity contribution in [2.24, 2.45) is 0 Å². The van der Waals surface area contributed by atoms with Crippen molar-refractivity contribution >= 4 is 11.6 Å². The lowest BCUT2D eigenvalue weighted by Crippen LogP contribution is -2.10. The monoisotopic (exact) mass is 260 g/mol. The van der Waals surface area contributed by atoms with Gasteiger partial charge in [0.1, 0.15) is 0 Å². The summed E-state index contributed by atoms with van der Waals surface area (Å²) < 4.78 is 10.3. The number of hydrogen-bond donors (Lipinski definition) is 0. The maximum atomic E-state index is 12.4. The molecule has 0 saturated carbocycles. The summed E-state index contributed by atoms with van der Waals surface area (Å²) in [6.07, 6.45) is 1.10. The fourth-order valence-electron chi connectivity index (χ4n) is 2.23. The van der Waals surface area contributed by atoms with Crippen LogP contribution in [-0.4, -0.2) is 25.8 Å². The highest BCUT2D eigenvalue weighted by molar-refractivity contribution is 6.28. The predicted octanol–water partition coefficient (Wildman–Crippen LogP) is 2.57. The Morgan fingerprint density at radius 3 is 2.32 bits per heavy atom. The van der Waals surface area contributed by atoms with Crippen molar-refractivity contribution in [3.05, 3.63) is 34.9 Å². The average molecular weight is 260 g/mol. The third kappa shape index (κ3) is 2.38. The molecule has 1 aliphatic rings. The number of carbonyl (C=O) groups excluding carboxylic acids is 2. The van der Waals surface area contributed by atoms with Crippen LogP contribution in [0, 0.1) is 0 Å². The summed E-state index contributed by atoms with van der Waals surface area (Å²) in [5.41, 5.74) is 1.64. The summed E-state index contributed by atoms with van der Waals surface area (Å²) in [6.45, 7) is 1.83. The highest BCUT2D eigenvalue weighted by Crippen LogP contribution is 2.31. The average Bonchev–Trinajstić information content (AvgIpc) is 2.76. The molecule has 1 aromatic rings. The molecule has 100 valence electrons. The largest absolute Gasteiger partial charge is 0.493 e. The zero-order chi connectivity index (χ0) is 14.0. The van der Waals surface area contributed by atoms with Crippen LogP contribution < -0.4 is 9.47 Å². The fourth-order valence-corrected chi connectivity index (χ4v) is 2.23. The van der Waals surface area contributed by atoms with Crippen LogP contribution >= 0.6 is 0 Å². The molecule has 4 nitrogen and oxygen atoms in total. The minimum absolute atomic E-state index is 0.0720. The molecular weight excluding hydrogens is 244 g/mol. The van der Waals surface area contributed by atoms with E-state index >= 15 is 0 Å². The molecule has 0 amide bonds. The van der Waals surface area contributed by atoms with Crippen LogP contribution in [0.5, 0.6) is 11.5 Å². The molecule has 0 N–H and O–H groups in total. The molecule has 1 aliphatic carbocycles. The van der Waals surface area contributed by atoms with Crippen LogP contribution in [0.1, 0.15) is 30.1 Å². The topological polar surface area (TPSA) is 52.6 Å². The maximum absolute atomic E-state index is 12.4. The van der Waals surface area contributed by atoms with E-state index in [-0.39, 0.29) is 11.6 Å². The molecule has 0 aliphatic heterocycles. The van der Waals surface area contributed by atoms with Gasteiger partial charge in [-0.1, -0.05) is 5.57 Å². The summed E-state index contributed by atoms with van der Waals surface area (Å²) in [4.78, 5) is 24.1. The quantitative estimate of drug-likeness (QED) is 0.616. The van der Waals surface area contributed by atoms with Crippen molar-refractivity contribution in [1.82, 2.24) is 0 Å². The normalized spacial score (nSPS) is 14.8. The zero-order valence-corrected chi connectivity index (χ0v) is 11.3. The van der Waals surface area contributed by atoms with E-state index in [4.69, 9.17) is 9.47 Å². The van der Waals surface area contributed by atoms with Crippen molar-refractivity contribution in [2.45, 2.75) is 19.8 Å². The summed E-state index contributed by atoms with van der Waals surface area (Å²) in [7, 11) is 3.05. The van der Waals surface area contributed by atoms with Crippen LogP contribution in [0.2, 0.25) is 0 Å². The Bertz CT molecular complexity index is 570. The van der Waals surface area contributed by atoms with Crippen LogP contribution in [0.4, 0.5) is 0 Å². The fraction of sp³-hybridized carbons (Fsp3) is 0.333. The number of methoxy groups -OCH3 is 2. The van der Waals surface area contributed by atoms with E-state index in [9.17, 15) is 9.59 Å². The molecule has 4 heteroatoms. The maximum Gasteiger partial charge on any atom is 0.196 e. The molecule has 0 atom stereocenters. The summed E-state index contributed by atoms with van der Waals surface area (Å²) in [5.74, 6) is 0.734. The summed E-state index contributed by atoms with van der Waals surface area (Å²) in [6, 6.07) is 4.92. The summed E-state index contributed by atoms with van der Waals surface area (Å²) in [5, 5.41) is 0. The first-order valence-corrected chi connectivity index (χ1v) is 6.08. The lowest BCUT2D eigenvalue weighted by molar-refractivity contribution is -0.114. The third-order valence-electron chi connectivity index (χ3n) is 3.31. The van der Waals surface area contributed by atoms with E-state index in [1.165, 1.54) is 14.2 Å². The van der Waals surface area contributed by atoms with Gasteiger partial charge in [-0.25, -0.2) is 0 Å². The van der Waals surface area contributed by atoms with Crippen molar-refractivity contribution in [1.29, 1.82) is 0 Å². The second-order valence-corrected chi connectivity index (χ2v) is 4.48. The first kappa shape index (κ1) is 13.3. The van der Waals surface area contributed by atoms with Crippen molar-refractivity contribution in [2.75, 3.05) is 14.2 Å². The molecule has 0 aromatic heterocycles. The molecule has 0 saturated heterocycles. The van der Waals surface area contributed by atoms with Crippen molar-refractivity contribution < 1.29 is 19.1 Å². The Morgan fingerprint density at radius 2 is 1.79 bits per heavy atom. The highest BCUT2D eigenvalue weighted by Gasteiger charge is 2.27. The molecule has 0 unspecified atom stereocenters. The molecule has 1 aromatic carbocycles. The smallest absolute Gasteiger partial charge is 0.196 e. The van der Waals surface area contributed by atoms with Gasteiger partial charge in [-0.3, -0.25) is 9.59 Å². The van der Waals surface area contributed by atoms with Gasteiger partial charge in [0, 0.05) is 12.0 Å². The summed E-state index contributed by atoms with van der Waals surface area (Å²) >= 11 is 0. The number of Topliss-reactive ketones (excluding diaryl/α,β-unsaturated/α-hetero) is 2. The Hall–Kier alpha value is -2.10. The van der Waals surface area contributed by atoms with Gasteiger partial charge in [0.25, 0.3) is 0 Å². The van der Waals surface area contributed by atoms with Crippen molar-refractivity contribution in [3.8, 4) is 11.5 Å². The SMILES string of the molecule is COc1ccc(C(=O)C2=C(C)CCC2=O)cc1OC. The van der Waals surface area contributed by atoms with Gasteiger partial charge in [-0.05, 0) is 31.5 Å². The lowest BCUT2D eigenvalue weighted by atomic mass is 9.99. The molecule has 0 fully saturated rings. The highest BCUT2D eigenvalue weighted by atomic mass is 16.5. The molecule has 0 radical (unpaired) electrons. The van der Waals surface area contributed by atoms with E-state index < -0.39 is 0 Å². The van der Waals surface area contributed by atoms with Gasteiger partial charge in [0.05, 0.1) is 19.8 Å². The lowest BCUT2D eigenvalue weighted by Gasteiger charge is -2.09. The number of rotatable bonds is 4. The zero-order valence-electron chi connectivity index (χ0n) is 11.3. The number of ketones is 2. The van der Waals surface area contributed by atoms with Gasteiger partial charge in [0.15, 0.2) is 23.1 Å². The number of hydrogen-bond acceptors (Lipinski definition) is 4. The van der Waals surface area contributed by atoms with Crippen LogP contribution in [0.3, 0.4) is 0 Å². The van der Waals surface area contributed by atoms with Crippen LogP contribution in [0.15, 0.2) is 29.3 Å². The van der Waals surface area contributed by atoms with E-state index in [0.717, 1.165) is 5.57 Å². The first-order valence-electron chi connectivity index (χ1n) is 6.08. The third-order valence-corrected chi connectivity index (χ3v) is 3.31. The number of benzene rings is 1. The Balaban J connectivity index is 2.40. The Morgan fingerprint density at radius 1 is 1.11 bits per heavy atom. The van der Waals surface area contributed by atoms with E-state index in [2.05, 4.69) is 0 Å². The Labute approximate surface area is 112 Å². The standard InChI is InChI=1S/C15H16O4/c1-9-4-6-11(16)14(9)15(17)10-5-7-12(18-2)13(8-10)19-3/h5,7-8H,4,6H2,1-3H3. The van der Waals surface area contributed by atoms with Gasteiger partial charge in [-0.15, -0.1) is 0 Å². The van der Waals surface area contributed by atoms with Gasteiger partial charge in [0.2, 0.25) is 0 Å². The Kier molecular flexibility index (Phi) is 3.69. The molecular formula is C15H16O4. The number of ether oxygens (including phenoxy) is 2. The molecule has 0 heterocycles. The molecule has 19 heavy (non-hydrogen) atoms. The van der Waals surface area contributed by atoms with Gasteiger partial charge >= 0.3 is 0 Å². The second-order valence-electron chi connectivity index (χ2n) is 4.48. The van der Waals surface area contributed by atoms with E-state index in [1.807, 2.05) is 6.92 Å². The minimum atomic E-state index is -0.235. The number of allylic oxidation sites excluding steroid dienone is 2. The molecule has 0 bridgehead atoms. The van der Waals surface area contributed by atoms with Crippen LogP contribution in [0.25, 0.3) is 0 Å². The number of carbonyl (C=O) groups is 2. The van der Waals surface area contributed by atoms with Gasteiger partial charge < -0.3 is 9.47 Å². The predicted molar refractivity (Wildman–Crippen MR) is 70.8 cm³/mol. The molecule has 2 rings (SSSR count).